The Balaban J connectivity index is 1.58. The van der Waals surface area contributed by atoms with Gasteiger partial charge in [0.15, 0.2) is 5.82 Å². The third kappa shape index (κ3) is 4.03. The summed E-state index contributed by atoms with van der Waals surface area (Å²) in [5.74, 6) is 1.17. The number of aryl methyl sites for hydroxylation is 2. The van der Waals surface area contributed by atoms with Crippen molar-refractivity contribution >= 4 is 11.8 Å². The molecule has 0 aliphatic heterocycles. The van der Waals surface area contributed by atoms with Gasteiger partial charge in [0.05, 0.1) is 24.0 Å². The Morgan fingerprint density at radius 1 is 1.32 bits per heavy atom. The van der Waals surface area contributed by atoms with Gasteiger partial charge in [-0.25, -0.2) is 4.79 Å². The Kier molecular flexibility index (Phi) is 4.78. The molecule has 0 radical (unpaired) electrons. The Labute approximate surface area is 145 Å². The highest BCUT2D eigenvalue weighted by atomic mass is 16.5. The molecule has 0 spiro atoms. The van der Waals surface area contributed by atoms with Crippen molar-refractivity contribution in [1.82, 2.24) is 25.2 Å². The standard InChI is InChI=1S/C17H20N6O2/c1-11(16-12(2)22-25-13(16)3)19-17(24)20-15-7-9-23(21-15)10-14-6-4-5-8-18-14/h4-9,11H,10H2,1-3H3,(H2,19,20,21,24). The fraction of sp³-hybridized carbons (Fsp3) is 0.294. The SMILES string of the molecule is Cc1noc(C)c1C(C)NC(=O)Nc1ccn(Cc2ccccn2)n1. The lowest BCUT2D eigenvalue weighted by Crippen LogP contribution is -2.31. The van der Waals surface area contributed by atoms with Gasteiger partial charge in [0.1, 0.15) is 5.76 Å². The molecule has 25 heavy (non-hydrogen) atoms. The van der Waals surface area contributed by atoms with Gasteiger partial charge in [-0.2, -0.15) is 5.10 Å². The van der Waals surface area contributed by atoms with E-state index >= 15 is 0 Å². The highest BCUT2D eigenvalue weighted by Crippen LogP contribution is 2.20. The first-order valence-electron chi connectivity index (χ1n) is 7.96. The second kappa shape index (κ2) is 7.16. The average Bonchev–Trinajstić information content (AvgIpc) is 3.14. The van der Waals surface area contributed by atoms with Crippen LogP contribution in [0.15, 0.2) is 41.2 Å². The molecule has 0 saturated carbocycles. The molecule has 8 nitrogen and oxygen atoms in total. The fourth-order valence-electron chi connectivity index (χ4n) is 2.70. The zero-order valence-electron chi connectivity index (χ0n) is 14.4. The van der Waals surface area contributed by atoms with Gasteiger partial charge in [0.25, 0.3) is 0 Å². The van der Waals surface area contributed by atoms with Crippen LogP contribution in [0.25, 0.3) is 0 Å². The van der Waals surface area contributed by atoms with Crippen molar-refractivity contribution in [3.05, 3.63) is 59.4 Å². The number of hydrogen-bond acceptors (Lipinski definition) is 5. The summed E-state index contributed by atoms with van der Waals surface area (Å²) < 4.78 is 6.85. The predicted octanol–water partition coefficient (Wildman–Crippen LogP) is 2.81. The van der Waals surface area contributed by atoms with Gasteiger partial charge in [-0.15, -0.1) is 0 Å². The van der Waals surface area contributed by atoms with E-state index in [2.05, 4.69) is 25.9 Å². The quantitative estimate of drug-likeness (QED) is 0.744. The zero-order valence-corrected chi connectivity index (χ0v) is 14.4. The van der Waals surface area contributed by atoms with Crippen molar-refractivity contribution in [2.24, 2.45) is 0 Å². The molecule has 130 valence electrons. The Bertz CT molecular complexity index is 836. The van der Waals surface area contributed by atoms with Crippen LogP contribution in [-0.4, -0.2) is 26.0 Å². The number of aromatic nitrogens is 4. The van der Waals surface area contributed by atoms with E-state index in [0.717, 1.165) is 17.0 Å². The third-order valence-electron chi connectivity index (χ3n) is 3.80. The van der Waals surface area contributed by atoms with Crippen molar-refractivity contribution in [2.75, 3.05) is 5.32 Å². The van der Waals surface area contributed by atoms with E-state index in [1.54, 1.807) is 23.1 Å². The average molecular weight is 340 g/mol. The highest BCUT2D eigenvalue weighted by Gasteiger charge is 2.18. The molecule has 1 atom stereocenters. The molecular weight excluding hydrogens is 320 g/mol. The zero-order chi connectivity index (χ0) is 17.8. The van der Waals surface area contributed by atoms with Crippen LogP contribution in [0.4, 0.5) is 10.6 Å². The molecule has 3 heterocycles. The number of pyridine rings is 1. The molecule has 8 heteroatoms. The molecule has 3 rings (SSSR count). The monoisotopic (exact) mass is 340 g/mol. The second-order valence-electron chi connectivity index (χ2n) is 5.78. The topological polar surface area (TPSA) is 97.9 Å². The number of anilines is 1. The van der Waals surface area contributed by atoms with E-state index in [1.807, 2.05) is 39.0 Å². The van der Waals surface area contributed by atoms with Gasteiger partial charge < -0.3 is 9.84 Å². The smallest absolute Gasteiger partial charge is 0.320 e. The van der Waals surface area contributed by atoms with E-state index in [4.69, 9.17) is 4.52 Å². The van der Waals surface area contributed by atoms with Gasteiger partial charge in [-0.05, 0) is 32.9 Å². The van der Waals surface area contributed by atoms with E-state index in [-0.39, 0.29) is 12.1 Å². The summed E-state index contributed by atoms with van der Waals surface area (Å²) in [5.41, 5.74) is 2.55. The van der Waals surface area contributed by atoms with E-state index in [1.165, 1.54) is 0 Å². The van der Waals surface area contributed by atoms with Crippen LogP contribution in [0.3, 0.4) is 0 Å². The number of nitrogens with one attached hydrogen (secondary N) is 2. The minimum Gasteiger partial charge on any atom is -0.361 e. The van der Waals surface area contributed by atoms with Crippen LogP contribution >= 0.6 is 0 Å². The number of carbonyl (C=O) groups is 1. The third-order valence-corrected chi connectivity index (χ3v) is 3.80. The molecule has 1 unspecified atom stereocenters. The van der Waals surface area contributed by atoms with Gasteiger partial charge in [-0.3, -0.25) is 15.0 Å². The fourth-order valence-corrected chi connectivity index (χ4v) is 2.70. The van der Waals surface area contributed by atoms with E-state index < -0.39 is 0 Å². The number of rotatable bonds is 5. The molecule has 0 aliphatic carbocycles. The Hall–Kier alpha value is -3.16. The van der Waals surface area contributed by atoms with Crippen molar-refractivity contribution in [2.45, 2.75) is 33.4 Å². The normalized spacial score (nSPS) is 12.0. The van der Waals surface area contributed by atoms with Crippen LogP contribution in [0.1, 0.15) is 35.7 Å². The lowest BCUT2D eigenvalue weighted by molar-refractivity contribution is 0.249. The molecular formula is C17H20N6O2. The first-order valence-corrected chi connectivity index (χ1v) is 7.96. The van der Waals surface area contributed by atoms with Crippen LogP contribution in [0.2, 0.25) is 0 Å². The van der Waals surface area contributed by atoms with E-state index in [0.29, 0.717) is 18.1 Å². The summed E-state index contributed by atoms with van der Waals surface area (Å²) >= 11 is 0. The minimum atomic E-state index is -0.337. The number of urea groups is 1. The molecule has 2 amide bonds. The minimum absolute atomic E-state index is 0.221. The van der Waals surface area contributed by atoms with Crippen molar-refractivity contribution in [1.29, 1.82) is 0 Å². The van der Waals surface area contributed by atoms with Crippen molar-refractivity contribution < 1.29 is 9.32 Å². The van der Waals surface area contributed by atoms with Crippen LogP contribution in [-0.2, 0) is 6.54 Å². The van der Waals surface area contributed by atoms with Gasteiger partial charge in [0, 0.05) is 24.0 Å². The summed E-state index contributed by atoms with van der Waals surface area (Å²) in [6.45, 7) is 6.09. The molecule has 0 fully saturated rings. The van der Waals surface area contributed by atoms with Crippen LogP contribution in [0, 0.1) is 13.8 Å². The maximum absolute atomic E-state index is 12.2. The highest BCUT2D eigenvalue weighted by molar-refractivity contribution is 5.88. The molecule has 0 bridgehead atoms. The summed E-state index contributed by atoms with van der Waals surface area (Å²) in [4.78, 5) is 16.4. The molecule has 0 aliphatic rings. The van der Waals surface area contributed by atoms with Gasteiger partial charge in [0.2, 0.25) is 0 Å². The molecule has 0 saturated heterocycles. The number of nitrogens with zero attached hydrogens (tertiary/aromatic N) is 4. The van der Waals surface area contributed by atoms with Gasteiger partial charge in [-0.1, -0.05) is 11.2 Å². The summed E-state index contributed by atoms with van der Waals surface area (Å²) in [5, 5.41) is 13.8. The predicted molar refractivity (Wildman–Crippen MR) is 92.1 cm³/mol. The maximum atomic E-state index is 12.2. The maximum Gasteiger partial charge on any atom is 0.320 e. The number of hydrogen-bond donors (Lipinski definition) is 2. The lowest BCUT2D eigenvalue weighted by Gasteiger charge is -2.13. The number of amides is 2. The summed E-state index contributed by atoms with van der Waals surface area (Å²) in [7, 11) is 0. The Morgan fingerprint density at radius 3 is 2.84 bits per heavy atom. The Morgan fingerprint density at radius 2 is 2.16 bits per heavy atom. The van der Waals surface area contributed by atoms with Crippen molar-refractivity contribution in [3.8, 4) is 0 Å². The van der Waals surface area contributed by atoms with Crippen molar-refractivity contribution in [3.63, 3.8) is 0 Å². The summed E-state index contributed by atoms with van der Waals surface area (Å²) in [6, 6.07) is 6.89. The van der Waals surface area contributed by atoms with Crippen LogP contribution < -0.4 is 10.6 Å². The first kappa shape index (κ1) is 16.7. The molecule has 3 aromatic rings. The van der Waals surface area contributed by atoms with Crippen LogP contribution in [0.5, 0.6) is 0 Å². The largest absolute Gasteiger partial charge is 0.361 e. The lowest BCUT2D eigenvalue weighted by atomic mass is 10.1. The summed E-state index contributed by atoms with van der Waals surface area (Å²) in [6.07, 6.45) is 3.53. The van der Waals surface area contributed by atoms with E-state index in [9.17, 15) is 4.79 Å². The first-order chi connectivity index (χ1) is 12.0. The van der Waals surface area contributed by atoms with Gasteiger partial charge >= 0.3 is 6.03 Å². The molecule has 3 aromatic heterocycles. The second-order valence-corrected chi connectivity index (χ2v) is 5.78. The molecule has 0 aromatic carbocycles. The molecule has 2 N–H and O–H groups in total. The number of carbonyl (C=O) groups excluding carboxylic acids is 1.